The molecular formula is C12H17BrFN. The van der Waals surface area contributed by atoms with Gasteiger partial charge in [0.25, 0.3) is 0 Å². The van der Waals surface area contributed by atoms with E-state index in [1.54, 1.807) is 6.07 Å². The third kappa shape index (κ3) is 3.82. The van der Waals surface area contributed by atoms with Crippen molar-refractivity contribution in [2.24, 2.45) is 0 Å². The molecule has 0 saturated heterocycles. The number of alkyl halides is 1. The molecule has 0 radical (unpaired) electrons. The van der Waals surface area contributed by atoms with Gasteiger partial charge < -0.3 is 4.90 Å². The van der Waals surface area contributed by atoms with Gasteiger partial charge in [-0.15, -0.1) is 0 Å². The number of anilines is 1. The van der Waals surface area contributed by atoms with Crippen LogP contribution in [0.5, 0.6) is 0 Å². The van der Waals surface area contributed by atoms with Crippen molar-refractivity contribution in [2.75, 3.05) is 23.3 Å². The first-order valence-corrected chi connectivity index (χ1v) is 6.47. The quantitative estimate of drug-likeness (QED) is 0.563. The Balaban J connectivity index is 2.61. The van der Waals surface area contributed by atoms with Crippen molar-refractivity contribution in [1.82, 2.24) is 0 Å². The number of para-hydroxylation sites is 1. The molecule has 0 fully saturated rings. The van der Waals surface area contributed by atoms with Crippen molar-refractivity contribution in [3.8, 4) is 0 Å². The van der Waals surface area contributed by atoms with Crippen LogP contribution in [-0.4, -0.2) is 18.4 Å². The van der Waals surface area contributed by atoms with Crippen LogP contribution in [0.25, 0.3) is 0 Å². The summed E-state index contributed by atoms with van der Waals surface area (Å²) in [6.45, 7) is 3.83. The van der Waals surface area contributed by atoms with Gasteiger partial charge in [-0.1, -0.05) is 28.1 Å². The van der Waals surface area contributed by atoms with E-state index in [1.165, 1.54) is 6.07 Å². The highest BCUT2D eigenvalue weighted by molar-refractivity contribution is 9.09. The van der Waals surface area contributed by atoms with Crippen LogP contribution >= 0.6 is 15.9 Å². The zero-order valence-corrected chi connectivity index (χ0v) is 10.6. The van der Waals surface area contributed by atoms with Crippen LogP contribution in [0.15, 0.2) is 24.3 Å². The third-order valence-corrected chi connectivity index (χ3v) is 2.95. The minimum Gasteiger partial charge on any atom is -0.369 e. The summed E-state index contributed by atoms with van der Waals surface area (Å²) in [5.74, 6) is -0.127. The molecular weight excluding hydrogens is 257 g/mol. The molecule has 0 amide bonds. The maximum Gasteiger partial charge on any atom is 0.146 e. The highest BCUT2D eigenvalue weighted by atomic mass is 79.9. The van der Waals surface area contributed by atoms with Gasteiger partial charge in [-0.05, 0) is 31.9 Å². The molecule has 0 bridgehead atoms. The molecule has 1 aromatic rings. The Kier molecular flexibility index (Phi) is 5.69. The first-order valence-electron chi connectivity index (χ1n) is 5.35. The number of halogens is 2. The maximum absolute atomic E-state index is 13.5. The molecule has 0 heterocycles. The summed E-state index contributed by atoms with van der Waals surface area (Å²) in [7, 11) is 0. The summed E-state index contributed by atoms with van der Waals surface area (Å²) in [6, 6.07) is 6.96. The standard InChI is InChI=1S/C12H17BrFN/c1-2-15(10-6-5-9-13)12-8-4-3-7-11(12)14/h3-4,7-8H,2,5-6,9-10H2,1H3. The lowest BCUT2D eigenvalue weighted by atomic mass is 10.2. The first kappa shape index (κ1) is 12.5. The van der Waals surface area contributed by atoms with E-state index >= 15 is 0 Å². The lowest BCUT2D eigenvalue weighted by Gasteiger charge is -2.23. The Morgan fingerprint density at radius 2 is 2.00 bits per heavy atom. The molecule has 15 heavy (non-hydrogen) atoms. The SMILES string of the molecule is CCN(CCCCBr)c1ccccc1F. The van der Waals surface area contributed by atoms with Gasteiger partial charge in [0, 0.05) is 18.4 Å². The Bertz CT molecular complexity index is 291. The Morgan fingerprint density at radius 1 is 1.27 bits per heavy atom. The molecule has 0 aromatic heterocycles. The molecule has 1 nitrogen and oxygen atoms in total. The average Bonchev–Trinajstić information content (AvgIpc) is 2.26. The number of unbranched alkanes of at least 4 members (excludes halogenated alkanes) is 1. The Morgan fingerprint density at radius 3 is 2.60 bits per heavy atom. The van der Waals surface area contributed by atoms with Crippen LogP contribution < -0.4 is 4.90 Å². The minimum atomic E-state index is -0.127. The van der Waals surface area contributed by atoms with E-state index in [-0.39, 0.29) is 5.82 Å². The van der Waals surface area contributed by atoms with Gasteiger partial charge in [-0.2, -0.15) is 0 Å². The molecule has 0 atom stereocenters. The van der Waals surface area contributed by atoms with E-state index in [1.807, 2.05) is 12.1 Å². The zero-order chi connectivity index (χ0) is 11.1. The molecule has 0 spiro atoms. The van der Waals surface area contributed by atoms with Crippen molar-refractivity contribution in [3.63, 3.8) is 0 Å². The van der Waals surface area contributed by atoms with E-state index < -0.39 is 0 Å². The molecule has 1 aromatic carbocycles. The number of hydrogen-bond donors (Lipinski definition) is 0. The third-order valence-electron chi connectivity index (χ3n) is 2.39. The number of nitrogens with zero attached hydrogens (tertiary/aromatic N) is 1. The first-order chi connectivity index (χ1) is 7.29. The van der Waals surface area contributed by atoms with Gasteiger partial charge in [0.2, 0.25) is 0 Å². The van der Waals surface area contributed by atoms with Gasteiger partial charge in [-0.3, -0.25) is 0 Å². The molecule has 0 N–H and O–H groups in total. The van der Waals surface area contributed by atoms with Crippen LogP contribution in [-0.2, 0) is 0 Å². The minimum absolute atomic E-state index is 0.127. The summed E-state index contributed by atoms with van der Waals surface area (Å²) in [4.78, 5) is 2.08. The molecule has 0 aliphatic heterocycles. The predicted octanol–water partition coefficient (Wildman–Crippen LogP) is 3.83. The van der Waals surface area contributed by atoms with E-state index in [4.69, 9.17) is 0 Å². The normalized spacial score (nSPS) is 10.3. The van der Waals surface area contributed by atoms with Gasteiger partial charge in [-0.25, -0.2) is 4.39 Å². The second-order valence-corrected chi connectivity index (χ2v) is 4.22. The van der Waals surface area contributed by atoms with E-state index in [0.29, 0.717) is 0 Å². The molecule has 0 aliphatic carbocycles. The van der Waals surface area contributed by atoms with Crippen LogP contribution in [0.1, 0.15) is 19.8 Å². The predicted molar refractivity (Wildman–Crippen MR) is 67.3 cm³/mol. The lowest BCUT2D eigenvalue weighted by Crippen LogP contribution is -2.24. The molecule has 1 rings (SSSR count). The summed E-state index contributed by atoms with van der Waals surface area (Å²) >= 11 is 3.40. The zero-order valence-electron chi connectivity index (χ0n) is 9.05. The second kappa shape index (κ2) is 6.83. The van der Waals surface area contributed by atoms with Crippen molar-refractivity contribution in [2.45, 2.75) is 19.8 Å². The van der Waals surface area contributed by atoms with Crippen molar-refractivity contribution in [3.05, 3.63) is 30.1 Å². The van der Waals surface area contributed by atoms with Crippen molar-refractivity contribution in [1.29, 1.82) is 0 Å². The summed E-state index contributed by atoms with van der Waals surface area (Å²) in [5.41, 5.74) is 0.717. The maximum atomic E-state index is 13.5. The van der Waals surface area contributed by atoms with Gasteiger partial charge in [0.1, 0.15) is 5.82 Å². The number of rotatable bonds is 6. The topological polar surface area (TPSA) is 3.24 Å². The lowest BCUT2D eigenvalue weighted by molar-refractivity contribution is 0.614. The molecule has 84 valence electrons. The molecule has 0 aliphatic rings. The highest BCUT2D eigenvalue weighted by Crippen LogP contribution is 2.18. The monoisotopic (exact) mass is 273 g/mol. The molecule has 0 unspecified atom stereocenters. The average molecular weight is 274 g/mol. The summed E-state index contributed by atoms with van der Waals surface area (Å²) < 4.78 is 13.5. The molecule has 0 saturated carbocycles. The molecule has 3 heteroatoms. The number of benzene rings is 1. The van der Waals surface area contributed by atoms with Crippen LogP contribution in [0.4, 0.5) is 10.1 Å². The summed E-state index contributed by atoms with van der Waals surface area (Å²) in [6.07, 6.45) is 2.22. The van der Waals surface area contributed by atoms with Gasteiger partial charge >= 0.3 is 0 Å². The van der Waals surface area contributed by atoms with E-state index in [2.05, 4.69) is 27.8 Å². The fraction of sp³-hybridized carbons (Fsp3) is 0.500. The van der Waals surface area contributed by atoms with E-state index in [0.717, 1.165) is 36.9 Å². The van der Waals surface area contributed by atoms with Gasteiger partial charge in [0.15, 0.2) is 0 Å². The smallest absolute Gasteiger partial charge is 0.146 e. The Hall–Kier alpha value is -0.570. The fourth-order valence-corrected chi connectivity index (χ4v) is 1.95. The van der Waals surface area contributed by atoms with Crippen LogP contribution in [0, 0.1) is 5.82 Å². The van der Waals surface area contributed by atoms with Crippen molar-refractivity contribution >= 4 is 21.6 Å². The van der Waals surface area contributed by atoms with Gasteiger partial charge in [0.05, 0.1) is 5.69 Å². The Labute approximate surface area is 99.4 Å². The van der Waals surface area contributed by atoms with E-state index in [9.17, 15) is 4.39 Å². The fourth-order valence-electron chi connectivity index (χ4n) is 1.55. The van der Waals surface area contributed by atoms with Crippen LogP contribution in [0.2, 0.25) is 0 Å². The second-order valence-electron chi connectivity index (χ2n) is 3.43. The summed E-state index contributed by atoms with van der Waals surface area (Å²) in [5, 5.41) is 1.02. The highest BCUT2D eigenvalue weighted by Gasteiger charge is 2.07. The number of hydrogen-bond acceptors (Lipinski definition) is 1. The van der Waals surface area contributed by atoms with Crippen molar-refractivity contribution < 1.29 is 4.39 Å². The largest absolute Gasteiger partial charge is 0.369 e. The van der Waals surface area contributed by atoms with Crippen LogP contribution in [0.3, 0.4) is 0 Å².